The molecule has 0 unspecified atom stereocenters. The lowest BCUT2D eigenvalue weighted by molar-refractivity contribution is -0.384. The molecule has 0 aliphatic rings. The molecule has 3 rings (SSSR count). The Morgan fingerprint density at radius 3 is 2.22 bits per heavy atom. The monoisotopic (exact) mass is 360 g/mol. The molecule has 0 bridgehead atoms. The quantitative estimate of drug-likeness (QED) is 0.415. The van der Waals surface area contributed by atoms with Crippen LogP contribution in [0.3, 0.4) is 0 Å². The molecule has 7 nitrogen and oxygen atoms in total. The predicted octanol–water partition coefficient (Wildman–Crippen LogP) is 3.10. The highest BCUT2D eigenvalue weighted by molar-refractivity contribution is 6.13. The number of hydrogen-bond acceptors (Lipinski definition) is 5. The van der Waals surface area contributed by atoms with E-state index in [1.165, 1.54) is 12.1 Å². The predicted molar refractivity (Wildman–Crippen MR) is 101 cm³/mol. The largest absolute Gasteiger partial charge is 0.273 e. The molecule has 0 radical (unpaired) electrons. The summed E-state index contributed by atoms with van der Waals surface area (Å²) in [7, 11) is 0. The van der Waals surface area contributed by atoms with E-state index in [-0.39, 0.29) is 18.0 Å². The maximum Gasteiger partial charge on any atom is 0.269 e. The maximum absolute atomic E-state index is 12.2. The molecule has 1 aromatic heterocycles. The normalized spacial score (nSPS) is 11.0. The number of nitrogens with zero attached hydrogens (tertiary/aromatic N) is 3. The number of non-ortho nitro benzene ring substituents is 1. The smallest absolute Gasteiger partial charge is 0.269 e. The van der Waals surface area contributed by atoms with Gasteiger partial charge in [-0.15, -0.1) is 0 Å². The van der Waals surface area contributed by atoms with Crippen LogP contribution in [-0.2, 0) is 11.2 Å². The number of nitro benzene ring substituents is 1. The number of nitrogens with one attached hydrogen (secondary N) is 1. The van der Waals surface area contributed by atoms with Gasteiger partial charge in [0, 0.05) is 35.7 Å². The molecule has 1 heterocycles. The first-order chi connectivity index (χ1) is 13.1. The fourth-order valence-corrected chi connectivity index (χ4v) is 2.48. The van der Waals surface area contributed by atoms with E-state index in [4.69, 9.17) is 0 Å². The second-order valence-electron chi connectivity index (χ2n) is 5.70. The van der Waals surface area contributed by atoms with Gasteiger partial charge in [-0.1, -0.05) is 42.5 Å². The Balaban J connectivity index is 1.76. The summed E-state index contributed by atoms with van der Waals surface area (Å²) in [5.41, 5.74) is 5.52. The Labute approximate surface area is 155 Å². The van der Waals surface area contributed by atoms with Crippen molar-refractivity contribution in [1.82, 2.24) is 10.4 Å². The van der Waals surface area contributed by atoms with Crippen molar-refractivity contribution in [3.63, 3.8) is 0 Å². The Hall–Kier alpha value is -3.87. The first-order valence-electron chi connectivity index (χ1n) is 8.19. The van der Waals surface area contributed by atoms with E-state index in [9.17, 15) is 14.9 Å². The number of nitro groups is 1. The Morgan fingerprint density at radius 2 is 1.59 bits per heavy atom. The highest BCUT2D eigenvalue weighted by Gasteiger charge is 2.10. The van der Waals surface area contributed by atoms with Gasteiger partial charge in [-0.25, -0.2) is 5.43 Å². The lowest BCUT2D eigenvalue weighted by Crippen LogP contribution is -2.22. The third-order valence-electron chi connectivity index (χ3n) is 3.81. The first-order valence-corrected chi connectivity index (χ1v) is 8.19. The number of hydrogen-bond donors (Lipinski definition) is 1. The highest BCUT2D eigenvalue weighted by atomic mass is 16.6. The zero-order valence-corrected chi connectivity index (χ0v) is 14.3. The molecule has 27 heavy (non-hydrogen) atoms. The van der Waals surface area contributed by atoms with Gasteiger partial charge in [0.25, 0.3) is 5.69 Å². The van der Waals surface area contributed by atoms with Crippen LogP contribution in [-0.4, -0.2) is 21.5 Å². The van der Waals surface area contributed by atoms with Gasteiger partial charge in [0.2, 0.25) is 5.91 Å². The summed E-state index contributed by atoms with van der Waals surface area (Å²) in [5, 5.41) is 15.0. The average Bonchev–Trinajstić information content (AvgIpc) is 2.70. The van der Waals surface area contributed by atoms with E-state index in [1.54, 1.807) is 24.5 Å². The number of carbonyl (C=O) groups excluding carboxylic acids is 1. The van der Waals surface area contributed by atoms with Gasteiger partial charge in [0.05, 0.1) is 17.1 Å². The van der Waals surface area contributed by atoms with Gasteiger partial charge < -0.3 is 0 Å². The fraction of sp³-hybridized carbons (Fsp3) is 0.0500. The van der Waals surface area contributed by atoms with Gasteiger partial charge in [0.15, 0.2) is 0 Å². The summed E-state index contributed by atoms with van der Waals surface area (Å²) in [5.74, 6) is -0.314. The second-order valence-corrected chi connectivity index (χ2v) is 5.70. The molecule has 1 amide bonds. The van der Waals surface area contributed by atoms with E-state index in [0.29, 0.717) is 11.3 Å². The molecule has 7 heteroatoms. The van der Waals surface area contributed by atoms with Crippen molar-refractivity contribution < 1.29 is 9.72 Å². The van der Waals surface area contributed by atoms with Crippen molar-refractivity contribution in [2.75, 3.05) is 0 Å². The zero-order chi connectivity index (χ0) is 19.1. The van der Waals surface area contributed by atoms with Crippen molar-refractivity contribution in [2.45, 2.75) is 6.42 Å². The molecule has 1 N–H and O–H groups in total. The molecular weight excluding hydrogens is 344 g/mol. The summed E-state index contributed by atoms with van der Waals surface area (Å²) in [6, 6.07) is 19.0. The number of carbonyl (C=O) groups is 1. The fourth-order valence-electron chi connectivity index (χ4n) is 2.48. The zero-order valence-electron chi connectivity index (χ0n) is 14.3. The summed E-state index contributed by atoms with van der Waals surface area (Å²) >= 11 is 0. The summed E-state index contributed by atoms with van der Waals surface area (Å²) in [6.45, 7) is 0. The molecule has 0 fully saturated rings. The minimum absolute atomic E-state index is 0.0128. The van der Waals surface area contributed by atoms with Crippen molar-refractivity contribution >= 4 is 17.3 Å². The molecule has 0 atom stereocenters. The number of aromatic nitrogens is 1. The SMILES string of the molecule is O=C(Cc1ccc([N+](=O)[O-])cc1)N/N=C(\c1ccccc1)c1ccncc1. The third kappa shape index (κ3) is 4.82. The Morgan fingerprint density at radius 1 is 0.963 bits per heavy atom. The van der Waals surface area contributed by atoms with Gasteiger partial charge in [-0.05, 0) is 17.7 Å². The maximum atomic E-state index is 12.2. The van der Waals surface area contributed by atoms with Crippen LogP contribution in [0.15, 0.2) is 84.2 Å². The summed E-state index contributed by atoms with van der Waals surface area (Å²) in [4.78, 5) is 26.4. The van der Waals surface area contributed by atoms with Crippen LogP contribution in [0.25, 0.3) is 0 Å². The van der Waals surface area contributed by atoms with E-state index in [2.05, 4.69) is 15.5 Å². The van der Waals surface area contributed by atoms with Crippen LogP contribution >= 0.6 is 0 Å². The van der Waals surface area contributed by atoms with Gasteiger partial charge in [-0.3, -0.25) is 19.9 Å². The lowest BCUT2D eigenvalue weighted by Gasteiger charge is -2.08. The Kier molecular flexibility index (Phi) is 5.64. The number of hydrazone groups is 1. The molecular formula is C20H16N4O3. The highest BCUT2D eigenvalue weighted by Crippen LogP contribution is 2.13. The molecule has 0 saturated carbocycles. The number of rotatable bonds is 6. The minimum Gasteiger partial charge on any atom is -0.273 e. The number of pyridine rings is 1. The second kappa shape index (κ2) is 8.48. The van der Waals surface area contributed by atoms with Crippen LogP contribution < -0.4 is 5.43 Å². The van der Waals surface area contributed by atoms with Crippen molar-refractivity contribution in [1.29, 1.82) is 0 Å². The van der Waals surface area contributed by atoms with Crippen molar-refractivity contribution in [3.8, 4) is 0 Å². The first kappa shape index (κ1) is 17.9. The van der Waals surface area contributed by atoms with Gasteiger partial charge >= 0.3 is 0 Å². The minimum atomic E-state index is -0.477. The summed E-state index contributed by atoms with van der Waals surface area (Å²) < 4.78 is 0. The van der Waals surface area contributed by atoms with Crippen LogP contribution in [0.2, 0.25) is 0 Å². The topological polar surface area (TPSA) is 97.5 Å². The van der Waals surface area contributed by atoms with Crippen LogP contribution in [0.1, 0.15) is 16.7 Å². The lowest BCUT2D eigenvalue weighted by atomic mass is 10.0. The molecule has 0 aliphatic heterocycles. The van der Waals surface area contributed by atoms with Crippen LogP contribution in [0.4, 0.5) is 5.69 Å². The van der Waals surface area contributed by atoms with Gasteiger partial charge in [0.1, 0.15) is 0 Å². The molecule has 2 aromatic carbocycles. The number of amides is 1. The van der Waals surface area contributed by atoms with E-state index in [1.807, 2.05) is 42.5 Å². The molecule has 0 saturated heterocycles. The van der Waals surface area contributed by atoms with Gasteiger partial charge in [-0.2, -0.15) is 5.10 Å². The van der Waals surface area contributed by atoms with Crippen molar-refractivity contribution in [3.05, 3.63) is 106 Å². The Bertz CT molecular complexity index is 914. The van der Waals surface area contributed by atoms with E-state index < -0.39 is 4.92 Å². The molecule has 0 aliphatic carbocycles. The molecule has 134 valence electrons. The summed E-state index contributed by atoms with van der Waals surface area (Å²) in [6.07, 6.45) is 3.39. The molecule has 3 aromatic rings. The van der Waals surface area contributed by atoms with Crippen LogP contribution in [0, 0.1) is 10.1 Å². The van der Waals surface area contributed by atoms with Crippen LogP contribution in [0.5, 0.6) is 0 Å². The number of benzene rings is 2. The standard InChI is InChI=1S/C20H16N4O3/c25-19(14-15-6-8-18(9-7-15)24(26)27)22-23-20(16-4-2-1-3-5-16)17-10-12-21-13-11-17/h1-13H,14H2,(H,22,25)/b23-20+. The van der Waals surface area contributed by atoms with E-state index >= 15 is 0 Å². The average molecular weight is 360 g/mol. The molecule has 0 spiro atoms. The van der Waals surface area contributed by atoms with E-state index in [0.717, 1.165) is 11.1 Å². The van der Waals surface area contributed by atoms with Crippen molar-refractivity contribution in [2.24, 2.45) is 5.10 Å². The third-order valence-corrected chi connectivity index (χ3v) is 3.81.